The van der Waals surface area contributed by atoms with E-state index < -0.39 is 10.0 Å². The van der Waals surface area contributed by atoms with Gasteiger partial charge in [-0.05, 0) is 38.1 Å². The van der Waals surface area contributed by atoms with Crippen molar-refractivity contribution in [2.45, 2.75) is 24.5 Å². The van der Waals surface area contributed by atoms with Gasteiger partial charge in [0, 0.05) is 22.7 Å². The topological polar surface area (TPSA) is 111 Å². The monoisotopic (exact) mass is 461 g/mol. The minimum absolute atomic E-state index is 0.0588. The third-order valence-corrected chi connectivity index (χ3v) is 6.67. The fraction of sp³-hybridized carbons (Fsp3) is 0.238. The van der Waals surface area contributed by atoms with Crippen LogP contribution in [0.5, 0.6) is 5.75 Å². The number of methoxy groups -OCH3 is 1. The summed E-state index contributed by atoms with van der Waals surface area (Å²) in [5.41, 5.74) is 2.10. The lowest BCUT2D eigenvalue weighted by Gasteiger charge is -2.14. The van der Waals surface area contributed by atoms with Gasteiger partial charge in [-0.1, -0.05) is 17.3 Å². The molecule has 0 bridgehead atoms. The molecule has 8 nitrogen and oxygen atoms in total. The average Bonchev–Trinajstić information content (AvgIpc) is 3.18. The number of ether oxygens (including phenoxy) is 1. The summed E-state index contributed by atoms with van der Waals surface area (Å²) < 4.78 is 36.6. The number of nitrogens with zero attached hydrogens (tertiary/aromatic N) is 1. The molecule has 0 atom stereocenters. The van der Waals surface area contributed by atoms with Crippen molar-refractivity contribution in [2.75, 3.05) is 22.9 Å². The van der Waals surface area contributed by atoms with Crippen LogP contribution < -0.4 is 14.8 Å². The number of anilines is 2. The maximum absolute atomic E-state index is 12.9. The molecule has 0 spiro atoms. The lowest BCUT2D eigenvalue weighted by molar-refractivity contribution is 0.102. The van der Waals surface area contributed by atoms with E-state index in [0.29, 0.717) is 28.4 Å². The highest BCUT2D eigenvalue weighted by atomic mass is 32.2. The number of carbonyl (C=O) groups is 1. The first-order valence-electron chi connectivity index (χ1n) is 9.45. The third kappa shape index (κ3) is 6.02. The van der Waals surface area contributed by atoms with Gasteiger partial charge in [-0.15, -0.1) is 11.8 Å². The Morgan fingerprint density at radius 2 is 1.97 bits per heavy atom. The van der Waals surface area contributed by atoms with Crippen LogP contribution in [0.1, 0.15) is 28.7 Å². The fourth-order valence-corrected chi connectivity index (χ4v) is 4.28. The Hall–Kier alpha value is -2.98. The predicted octanol–water partition coefficient (Wildman–Crippen LogP) is 4.30. The highest BCUT2D eigenvalue weighted by Gasteiger charge is 2.15. The second-order valence-electron chi connectivity index (χ2n) is 6.59. The molecule has 0 saturated carbocycles. The molecule has 2 N–H and O–H groups in total. The number of aromatic nitrogens is 1. The standard InChI is InChI=1S/C21H23N3O5S2/c1-4-31(26,27)24-18-10-9-15(12-19(18)28-3)22-21(25)17-7-5-6-8-20(17)30-13-16-11-14(2)23-29-16/h5-12,24H,4,13H2,1-3H3,(H,22,25). The number of nitrogens with one attached hydrogen (secondary N) is 2. The maximum atomic E-state index is 12.9. The SMILES string of the molecule is CCS(=O)(=O)Nc1ccc(NC(=O)c2ccccc2SCc2cc(C)no2)cc1OC. The minimum Gasteiger partial charge on any atom is -0.494 e. The molecule has 0 unspecified atom stereocenters. The van der Waals surface area contributed by atoms with Crippen LogP contribution in [-0.2, 0) is 15.8 Å². The molecule has 3 aromatic rings. The number of amides is 1. The van der Waals surface area contributed by atoms with Crippen molar-refractivity contribution in [1.29, 1.82) is 0 Å². The van der Waals surface area contributed by atoms with Crippen molar-refractivity contribution >= 4 is 39.1 Å². The molecule has 2 aromatic carbocycles. The Labute approximate surface area is 185 Å². The van der Waals surface area contributed by atoms with E-state index in [-0.39, 0.29) is 11.7 Å². The molecule has 0 fully saturated rings. The largest absolute Gasteiger partial charge is 0.494 e. The summed E-state index contributed by atoms with van der Waals surface area (Å²) in [5.74, 6) is 1.23. The zero-order valence-corrected chi connectivity index (χ0v) is 19.0. The number of hydrogen-bond acceptors (Lipinski definition) is 7. The second-order valence-corrected chi connectivity index (χ2v) is 9.62. The molecule has 31 heavy (non-hydrogen) atoms. The van der Waals surface area contributed by atoms with E-state index in [1.807, 2.05) is 25.1 Å². The van der Waals surface area contributed by atoms with E-state index in [1.54, 1.807) is 37.3 Å². The van der Waals surface area contributed by atoms with Crippen LogP contribution >= 0.6 is 11.8 Å². The van der Waals surface area contributed by atoms with Gasteiger partial charge in [-0.25, -0.2) is 8.42 Å². The first-order chi connectivity index (χ1) is 14.8. The Kier molecular flexibility index (Phi) is 7.24. The molecule has 164 valence electrons. The van der Waals surface area contributed by atoms with Gasteiger partial charge in [0.05, 0.1) is 35.6 Å². The van der Waals surface area contributed by atoms with Crippen LogP contribution in [-0.4, -0.2) is 32.3 Å². The highest BCUT2D eigenvalue weighted by molar-refractivity contribution is 7.98. The van der Waals surface area contributed by atoms with Gasteiger partial charge in [0.25, 0.3) is 5.91 Å². The zero-order chi connectivity index (χ0) is 22.4. The van der Waals surface area contributed by atoms with E-state index in [1.165, 1.54) is 18.9 Å². The molecule has 0 aliphatic heterocycles. The second kappa shape index (κ2) is 9.88. The number of sulfonamides is 1. The number of hydrogen-bond donors (Lipinski definition) is 2. The summed E-state index contributed by atoms with van der Waals surface area (Å²) in [6.07, 6.45) is 0. The van der Waals surface area contributed by atoms with Crippen LogP contribution in [0.15, 0.2) is 57.9 Å². The molecule has 0 radical (unpaired) electrons. The number of thioether (sulfide) groups is 1. The van der Waals surface area contributed by atoms with Crippen molar-refractivity contribution < 1.29 is 22.5 Å². The lowest BCUT2D eigenvalue weighted by atomic mass is 10.2. The molecule has 1 aromatic heterocycles. The van der Waals surface area contributed by atoms with Crippen LogP contribution in [0, 0.1) is 6.92 Å². The van der Waals surface area contributed by atoms with E-state index in [9.17, 15) is 13.2 Å². The molecule has 0 aliphatic carbocycles. The average molecular weight is 462 g/mol. The van der Waals surface area contributed by atoms with Crippen molar-refractivity contribution in [3.63, 3.8) is 0 Å². The van der Waals surface area contributed by atoms with Crippen molar-refractivity contribution in [1.82, 2.24) is 5.16 Å². The van der Waals surface area contributed by atoms with E-state index >= 15 is 0 Å². The first-order valence-corrected chi connectivity index (χ1v) is 12.1. The smallest absolute Gasteiger partial charge is 0.256 e. The van der Waals surface area contributed by atoms with Crippen molar-refractivity contribution in [3.8, 4) is 5.75 Å². The lowest BCUT2D eigenvalue weighted by Crippen LogP contribution is -2.16. The normalized spacial score (nSPS) is 11.2. The summed E-state index contributed by atoms with van der Waals surface area (Å²) in [7, 11) is -2.02. The van der Waals surface area contributed by atoms with E-state index in [0.717, 1.165) is 16.3 Å². The summed E-state index contributed by atoms with van der Waals surface area (Å²) in [5, 5.41) is 6.71. The molecule has 0 aliphatic rings. The number of rotatable bonds is 9. The van der Waals surface area contributed by atoms with Gasteiger partial charge in [0.15, 0.2) is 0 Å². The highest BCUT2D eigenvalue weighted by Crippen LogP contribution is 2.30. The van der Waals surface area contributed by atoms with Gasteiger partial charge < -0.3 is 14.6 Å². The summed E-state index contributed by atoms with van der Waals surface area (Å²) >= 11 is 1.48. The molecular formula is C21H23N3O5S2. The van der Waals surface area contributed by atoms with Gasteiger partial charge in [0.1, 0.15) is 11.5 Å². The van der Waals surface area contributed by atoms with Gasteiger partial charge in [0.2, 0.25) is 10.0 Å². The van der Waals surface area contributed by atoms with E-state index in [4.69, 9.17) is 9.26 Å². The zero-order valence-electron chi connectivity index (χ0n) is 17.3. The Bertz CT molecular complexity index is 1180. The maximum Gasteiger partial charge on any atom is 0.256 e. The molecule has 1 amide bonds. The van der Waals surface area contributed by atoms with Crippen LogP contribution in [0.2, 0.25) is 0 Å². The number of aryl methyl sites for hydroxylation is 1. The van der Waals surface area contributed by atoms with Crippen molar-refractivity contribution in [2.24, 2.45) is 0 Å². The van der Waals surface area contributed by atoms with Gasteiger partial charge in [-0.2, -0.15) is 0 Å². The molecular weight excluding hydrogens is 438 g/mol. The Balaban J connectivity index is 1.75. The summed E-state index contributed by atoms with van der Waals surface area (Å²) in [6, 6.07) is 13.9. The molecule has 3 rings (SSSR count). The molecule has 0 saturated heterocycles. The fourth-order valence-electron chi connectivity index (χ4n) is 2.70. The quantitative estimate of drug-likeness (QED) is 0.457. The summed E-state index contributed by atoms with van der Waals surface area (Å²) in [4.78, 5) is 13.7. The minimum atomic E-state index is -3.45. The molecule has 10 heteroatoms. The predicted molar refractivity (Wildman–Crippen MR) is 121 cm³/mol. The summed E-state index contributed by atoms with van der Waals surface area (Å²) in [6.45, 7) is 3.40. The van der Waals surface area contributed by atoms with Crippen LogP contribution in [0.25, 0.3) is 0 Å². The van der Waals surface area contributed by atoms with E-state index in [2.05, 4.69) is 15.2 Å². The van der Waals surface area contributed by atoms with Gasteiger partial charge in [-0.3, -0.25) is 9.52 Å². The number of benzene rings is 2. The van der Waals surface area contributed by atoms with Crippen LogP contribution in [0.4, 0.5) is 11.4 Å². The third-order valence-electron chi connectivity index (χ3n) is 4.28. The number of carbonyl (C=O) groups excluding carboxylic acids is 1. The first kappa shape index (κ1) is 22.7. The Morgan fingerprint density at radius 1 is 1.19 bits per heavy atom. The Morgan fingerprint density at radius 3 is 2.65 bits per heavy atom. The van der Waals surface area contributed by atoms with Crippen molar-refractivity contribution in [3.05, 3.63) is 65.5 Å². The molecule has 1 heterocycles. The van der Waals surface area contributed by atoms with Crippen LogP contribution in [0.3, 0.4) is 0 Å². The van der Waals surface area contributed by atoms with Gasteiger partial charge >= 0.3 is 0 Å².